The van der Waals surface area contributed by atoms with Gasteiger partial charge in [0.25, 0.3) is 0 Å². The second kappa shape index (κ2) is 1.59. The number of allylic oxidation sites excluding steroid dienone is 1. The van der Waals surface area contributed by atoms with Crippen molar-refractivity contribution in [3.05, 3.63) is 12.2 Å². The van der Waals surface area contributed by atoms with Crippen LogP contribution >= 0.6 is 0 Å². The van der Waals surface area contributed by atoms with Crippen molar-refractivity contribution in [1.82, 2.24) is 0 Å². The van der Waals surface area contributed by atoms with E-state index in [4.69, 9.17) is 0 Å². The maximum atomic E-state index is 2.28. The standard InChI is InChI=1S/C7H14N/c1-4-5-7-6-8(7,2)3/h4-5,7H,6H2,1-3H3/q+1. The first-order valence-electron chi connectivity index (χ1n) is 3.12. The summed E-state index contributed by atoms with van der Waals surface area (Å²) in [5.74, 6) is 0. The van der Waals surface area contributed by atoms with Gasteiger partial charge in [0.05, 0.1) is 14.1 Å². The molecule has 0 aromatic heterocycles. The van der Waals surface area contributed by atoms with Crippen LogP contribution in [0.3, 0.4) is 0 Å². The lowest BCUT2D eigenvalue weighted by Gasteiger charge is -2.01. The molecule has 1 heterocycles. The Kier molecular flexibility index (Phi) is 1.16. The van der Waals surface area contributed by atoms with E-state index in [2.05, 4.69) is 33.2 Å². The first kappa shape index (κ1) is 5.83. The lowest BCUT2D eigenvalue weighted by Crippen LogP contribution is -2.14. The molecule has 0 saturated carbocycles. The van der Waals surface area contributed by atoms with Gasteiger partial charge in [-0.25, -0.2) is 0 Å². The molecule has 0 amide bonds. The normalized spacial score (nSPS) is 33.6. The van der Waals surface area contributed by atoms with Crippen molar-refractivity contribution in [2.45, 2.75) is 13.0 Å². The predicted octanol–water partition coefficient (Wildman–Crippen LogP) is 1.02. The molecule has 0 aromatic carbocycles. The van der Waals surface area contributed by atoms with Crippen molar-refractivity contribution < 1.29 is 4.48 Å². The van der Waals surface area contributed by atoms with E-state index >= 15 is 0 Å². The highest BCUT2D eigenvalue weighted by Crippen LogP contribution is 2.24. The lowest BCUT2D eigenvalue weighted by atomic mass is 10.4. The Bertz CT molecular complexity index is 114. The van der Waals surface area contributed by atoms with Gasteiger partial charge in [0.2, 0.25) is 0 Å². The van der Waals surface area contributed by atoms with E-state index in [9.17, 15) is 0 Å². The average Bonchev–Trinajstić information content (AvgIpc) is 2.15. The van der Waals surface area contributed by atoms with Crippen molar-refractivity contribution in [3.8, 4) is 0 Å². The van der Waals surface area contributed by atoms with Gasteiger partial charge in [-0.05, 0) is 13.0 Å². The average molecular weight is 112 g/mol. The summed E-state index contributed by atoms with van der Waals surface area (Å²) in [4.78, 5) is 0. The molecular weight excluding hydrogens is 98.1 g/mol. The van der Waals surface area contributed by atoms with Crippen LogP contribution in [0.5, 0.6) is 0 Å². The number of nitrogens with zero attached hydrogens (tertiary/aromatic N) is 1. The van der Waals surface area contributed by atoms with Crippen molar-refractivity contribution in [1.29, 1.82) is 0 Å². The van der Waals surface area contributed by atoms with Crippen LogP contribution in [-0.4, -0.2) is 31.2 Å². The molecular formula is C7H14N+. The van der Waals surface area contributed by atoms with Crippen molar-refractivity contribution >= 4 is 0 Å². The molecule has 1 unspecified atom stereocenters. The van der Waals surface area contributed by atoms with Gasteiger partial charge >= 0.3 is 0 Å². The van der Waals surface area contributed by atoms with Crippen LogP contribution < -0.4 is 0 Å². The number of hydrogen-bond donors (Lipinski definition) is 0. The highest BCUT2D eigenvalue weighted by atomic mass is 15.5. The van der Waals surface area contributed by atoms with Crippen molar-refractivity contribution in [2.24, 2.45) is 0 Å². The fourth-order valence-electron chi connectivity index (χ4n) is 0.951. The molecule has 1 aliphatic rings. The van der Waals surface area contributed by atoms with Crippen LogP contribution in [0.1, 0.15) is 6.92 Å². The van der Waals surface area contributed by atoms with Gasteiger partial charge < -0.3 is 4.48 Å². The Morgan fingerprint density at radius 2 is 2.00 bits per heavy atom. The maximum Gasteiger partial charge on any atom is 0.157 e. The summed E-state index contributed by atoms with van der Waals surface area (Å²) in [5.41, 5.74) is 0. The van der Waals surface area contributed by atoms with Crippen LogP contribution in [0.4, 0.5) is 0 Å². The zero-order valence-corrected chi connectivity index (χ0v) is 5.89. The first-order chi connectivity index (χ1) is 3.67. The molecule has 1 aliphatic heterocycles. The molecule has 46 valence electrons. The predicted molar refractivity (Wildman–Crippen MR) is 35.6 cm³/mol. The quantitative estimate of drug-likeness (QED) is 0.270. The van der Waals surface area contributed by atoms with Crippen LogP contribution in [0.15, 0.2) is 12.2 Å². The number of quaternary nitrogens is 1. The Morgan fingerprint density at radius 1 is 1.50 bits per heavy atom. The van der Waals surface area contributed by atoms with Gasteiger partial charge in [-0.2, -0.15) is 0 Å². The number of hydrogen-bond acceptors (Lipinski definition) is 0. The maximum absolute atomic E-state index is 2.28. The number of rotatable bonds is 1. The minimum atomic E-state index is 0.819. The molecule has 0 spiro atoms. The molecule has 1 heteroatoms. The largest absolute Gasteiger partial charge is 0.313 e. The summed E-state index contributed by atoms with van der Waals surface area (Å²) in [6.45, 7) is 3.41. The van der Waals surface area contributed by atoms with Gasteiger partial charge in [-0.1, -0.05) is 6.08 Å². The van der Waals surface area contributed by atoms with Crippen molar-refractivity contribution in [3.63, 3.8) is 0 Å². The number of likely N-dealkylation sites (N-methyl/N-ethyl adjacent to an activating group) is 1. The SMILES string of the molecule is CC=CC1C[N+]1(C)C. The third kappa shape index (κ3) is 0.920. The second-order valence-electron chi connectivity index (χ2n) is 3.05. The molecule has 1 nitrogen and oxygen atoms in total. The summed E-state index contributed by atoms with van der Waals surface area (Å²) in [6.07, 6.45) is 4.41. The highest BCUT2D eigenvalue weighted by molar-refractivity contribution is 4.93. The minimum absolute atomic E-state index is 0.819. The monoisotopic (exact) mass is 112 g/mol. The zero-order chi connectivity index (χ0) is 6.20. The Labute approximate surface area is 51.2 Å². The van der Waals surface area contributed by atoms with Crippen LogP contribution in [0.25, 0.3) is 0 Å². The summed E-state index contributed by atoms with van der Waals surface area (Å²) in [6, 6.07) is 0.819. The molecule has 0 N–H and O–H groups in total. The molecule has 1 rings (SSSR count). The summed E-state index contributed by atoms with van der Waals surface area (Å²) < 4.78 is 1.18. The summed E-state index contributed by atoms with van der Waals surface area (Å²) >= 11 is 0. The van der Waals surface area contributed by atoms with Gasteiger partial charge in [0.1, 0.15) is 6.54 Å². The molecule has 8 heavy (non-hydrogen) atoms. The van der Waals surface area contributed by atoms with E-state index in [1.165, 1.54) is 11.0 Å². The van der Waals surface area contributed by atoms with Gasteiger partial charge in [-0.3, -0.25) is 0 Å². The topological polar surface area (TPSA) is 0 Å². The smallest absolute Gasteiger partial charge is 0.157 e. The van der Waals surface area contributed by atoms with E-state index < -0.39 is 0 Å². The Morgan fingerprint density at radius 3 is 2.12 bits per heavy atom. The van der Waals surface area contributed by atoms with Gasteiger partial charge in [-0.15, -0.1) is 0 Å². The molecule has 0 radical (unpaired) electrons. The van der Waals surface area contributed by atoms with Crippen LogP contribution in [-0.2, 0) is 0 Å². The highest BCUT2D eigenvalue weighted by Gasteiger charge is 2.44. The van der Waals surface area contributed by atoms with Crippen LogP contribution in [0.2, 0.25) is 0 Å². The third-order valence-electron chi connectivity index (χ3n) is 1.84. The molecule has 1 saturated heterocycles. The fraction of sp³-hybridized carbons (Fsp3) is 0.714. The van der Waals surface area contributed by atoms with Crippen LogP contribution in [0, 0.1) is 0 Å². The molecule has 0 aromatic rings. The Balaban J connectivity index is 2.37. The van der Waals surface area contributed by atoms with E-state index in [1.54, 1.807) is 0 Å². The van der Waals surface area contributed by atoms with E-state index in [0.29, 0.717) is 0 Å². The minimum Gasteiger partial charge on any atom is -0.313 e. The molecule has 0 bridgehead atoms. The third-order valence-corrected chi connectivity index (χ3v) is 1.84. The first-order valence-corrected chi connectivity index (χ1v) is 3.12. The summed E-state index contributed by atoms with van der Waals surface area (Å²) in [5, 5.41) is 0. The van der Waals surface area contributed by atoms with Crippen molar-refractivity contribution in [2.75, 3.05) is 20.6 Å². The van der Waals surface area contributed by atoms with E-state index in [-0.39, 0.29) is 0 Å². The van der Waals surface area contributed by atoms with E-state index in [1.807, 2.05) is 0 Å². The summed E-state index contributed by atoms with van der Waals surface area (Å²) in [7, 11) is 4.51. The Hall–Kier alpha value is -0.300. The molecule has 0 aliphatic carbocycles. The van der Waals surface area contributed by atoms with E-state index in [0.717, 1.165) is 6.04 Å². The fourth-order valence-corrected chi connectivity index (χ4v) is 0.951. The van der Waals surface area contributed by atoms with Gasteiger partial charge in [0.15, 0.2) is 6.04 Å². The molecule has 1 fully saturated rings. The van der Waals surface area contributed by atoms with Gasteiger partial charge in [0, 0.05) is 0 Å². The lowest BCUT2D eigenvalue weighted by molar-refractivity contribution is -0.764. The second-order valence-corrected chi connectivity index (χ2v) is 3.05. The molecule has 1 atom stereocenters. The zero-order valence-electron chi connectivity index (χ0n) is 5.89.